The number of benzene rings is 2. The smallest absolute Gasteiger partial charge is 0.259 e. The zero-order valence-corrected chi connectivity index (χ0v) is 13.9. The number of hydrogen-bond acceptors (Lipinski definition) is 4. The highest BCUT2D eigenvalue weighted by atomic mass is 16.5. The fourth-order valence-electron chi connectivity index (χ4n) is 1.99. The van der Waals surface area contributed by atoms with E-state index in [4.69, 9.17) is 9.47 Å². The van der Waals surface area contributed by atoms with Gasteiger partial charge >= 0.3 is 0 Å². The molecule has 2 aromatic carbocycles. The van der Waals surface area contributed by atoms with Crippen molar-refractivity contribution < 1.29 is 19.1 Å². The Kier molecular flexibility index (Phi) is 5.78. The third-order valence-electron chi connectivity index (χ3n) is 3.34. The molecule has 24 heavy (non-hydrogen) atoms. The van der Waals surface area contributed by atoms with Crippen LogP contribution < -0.4 is 14.8 Å². The van der Waals surface area contributed by atoms with Crippen LogP contribution in [0.1, 0.15) is 10.4 Å². The van der Waals surface area contributed by atoms with Gasteiger partial charge < -0.3 is 19.7 Å². The molecular formula is C18H20N2O4. The highest BCUT2D eigenvalue weighted by molar-refractivity contribution is 6.06. The summed E-state index contributed by atoms with van der Waals surface area (Å²) in [6, 6.07) is 13.9. The minimum Gasteiger partial charge on any atom is -0.495 e. The average molecular weight is 328 g/mol. The lowest BCUT2D eigenvalue weighted by Crippen LogP contribution is -2.28. The van der Waals surface area contributed by atoms with E-state index in [2.05, 4.69) is 5.32 Å². The first-order valence-electron chi connectivity index (χ1n) is 7.39. The molecule has 2 rings (SSSR count). The standard InChI is InChI=1S/C18H20N2O4/c1-20(2)17(21)12-24-15-10-6-4-8-13(15)18(22)19-14-9-5-7-11-16(14)23-3/h4-11H,12H2,1-3H3,(H,19,22). The van der Waals surface area contributed by atoms with E-state index in [1.54, 1.807) is 56.6 Å². The van der Waals surface area contributed by atoms with Gasteiger partial charge in [-0.15, -0.1) is 0 Å². The maximum atomic E-state index is 12.5. The molecule has 0 fully saturated rings. The zero-order chi connectivity index (χ0) is 17.5. The van der Waals surface area contributed by atoms with Crippen molar-refractivity contribution in [1.82, 2.24) is 4.90 Å². The van der Waals surface area contributed by atoms with E-state index in [0.717, 1.165) is 0 Å². The third kappa shape index (κ3) is 4.25. The number of ether oxygens (including phenoxy) is 2. The molecule has 0 unspecified atom stereocenters. The van der Waals surface area contributed by atoms with Crippen molar-refractivity contribution in [2.45, 2.75) is 0 Å². The number of methoxy groups -OCH3 is 1. The summed E-state index contributed by atoms with van der Waals surface area (Å²) >= 11 is 0. The molecule has 6 heteroatoms. The van der Waals surface area contributed by atoms with Crippen LogP contribution in [-0.2, 0) is 4.79 Å². The molecule has 0 aliphatic carbocycles. The van der Waals surface area contributed by atoms with Gasteiger partial charge in [-0.2, -0.15) is 0 Å². The van der Waals surface area contributed by atoms with Crippen molar-refractivity contribution in [3.05, 3.63) is 54.1 Å². The summed E-state index contributed by atoms with van der Waals surface area (Å²) in [5, 5.41) is 2.79. The number of rotatable bonds is 6. The summed E-state index contributed by atoms with van der Waals surface area (Å²) in [4.78, 5) is 25.6. The SMILES string of the molecule is COc1ccccc1NC(=O)c1ccccc1OCC(=O)N(C)C. The predicted molar refractivity (Wildman–Crippen MR) is 91.6 cm³/mol. The molecule has 0 aliphatic rings. The second-order valence-electron chi connectivity index (χ2n) is 5.23. The van der Waals surface area contributed by atoms with Crippen molar-refractivity contribution in [2.75, 3.05) is 33.1 Å². The number of nitrogens with one attached hydrogen (secondary N) is 1. The van der Waals surface area contributed by atoms with Gasteiger partial charge in [-0.05, 0) is 24.3 Å². The van der Waals surface area contributed by atoms with Crippen LogP contribution in [0, 0.1) is 0 Å². The summed E-state index contributed by atoms with van der Waals surface area (Å²) < 4.78 is 10.7. The van der Waals surface area contributed by atoms with E-state index in [1.807, 2.05) is 6.07 Å². The first-order valence-corrected chi connectivity index (χ1v) is 7.39. The molecule has 0 aliphatic heterocycles. The van der Waals surface area contributed by atoms with E-state index in [1.165, 1.54) is 12.0 Å². The van der Waals surface area contributed by atoms with Gasteiger partial charge in [-0.3, -0.25) is 9.59 Å². The number of likely N-dealkylation sites (N-methyl/N-ethyl adjacent to an activating group) is 1. The van der Waals surface area contributed by atoms with Crippen molar-refractivity contribution in [3.8, 4) is 11.5 Å². The number of carbonyl (C=O) groups excluding carboxylic acids is 2. The number of para-hydroxylation sites is 3. The topological polar surface area (TPSA) is 67.9 Å². The van der Waals surface area contributed by atoms with Crippen LogP contribution >= 0.6 is 0 Å². The highest BCUT2D eigenvalue weighted by Gasteiger charge is 2.15. The van der Waals surface area contributed by atoms with Crippen molar-refractivity contribution in [3.63, 3.8) is 0 Å². The fourth-order valence-corrected chi connectivity index (χ4v) is 1.99. The Morgan fingerprint density at radius 3 is 2.29 bits per heavy atom. The Balaban J connectivity index is 2.16. The lowest BCUT2D eigenvalue weighted by atomic mass is 10.1. The van der Waals surface area contributed by atoms with Crippen LogP contribution in [0.15, 0.2) is 48.5 Å². The molecule has 0 aromatic heterocycles. The lowest BCUT2D eigenvalue weighted by molar-refractivity contribution is -0.130. The molecule has 0 atom stereocenters. The molecule has 6 nitrogen and oxygen atoms in total. The molecule has 1 N–H and O–H groups in total. The summed E-state index contributed by atoms with van der Waals surface area (Å²) in [6.45, 7) is -0.133. The van der Waals surface area contributed by atoms with E-state index in [9.17, 15) is 9.59 Å². The van der Waals surface area contributed by atoms with Gasteiger partial charge in [-0.25, -0.2) is 0 Å². The van der Waals surface area contributed by atoms with Crippen molar-refractivity contribution >= 4 is 17.5 Å². The lowest BCUT2D eigenvalue weighted by Gasteiger charge is -2.14. The fraction of sp³-hybridized carbons (Fsp3) is 0.222. The van der Waals surface area contributed by atoms with Gasteiger partial charge in [0.25, 0.3) is 11.8 Å². The molecule has 0 heterocycles. The number of nitrogens with zero attached hydrogens (tertiary/aromatic N) is 1. The van der Waals surface area contributed by atoms with Gasteiger partial charge in [0.15, 0.2) is 6.61 Å². The van der Waals surface area contributed by atoms with Crippen LogP contribution in [-0.4, -0.2) is 44.5 Å². The third-order valence-corrected chi connectivity index (χ3v) is 3.34. The number of amides is 2. The molecule has 126 valence electrons. The maximum absolute atomic E-state index is 12.5. The molecule has 2 aromatic rings. The monoisotopic (exact) mass is 328 g/mol. The molecule has 0 saturated carbocycles. The van der Waals surface area contributed by atoms with E-state index in [0.29, 0.717) is 22.7 Å². The molecule has 0 radical (unpaired) electrons. The minimum absolute atomic E-state index is 0.133. The van der Waals surface area contributed by atoms with Gasteiger partial charge in [0.05, 0.1) is 18.4 Å². The van der Waals surface area contributed by atoms with Crippen LogP contribution in [0.5, 0.6) is 11.5 Å². The first kappa shape index (κ1) is 17.3. The molecular weight excluding hydrogens is 308 g/mol. The Labute approximate surface area is 141 Å². The van der Waals surface area contributed by atoms with Crippen LogP contribution in [0.4, 0.5) is 5.69 Å². The predicted octanol–water partition coefficient (Wildman–Crippen LogP) is 2.41. The quantitative estimate of drug-likeness (QED) is 0.884. The Bertz CT molecular complexity index is 728. The average Bonchev–Trinajstić information content (AvgIpc) is 2.60. The summed E-state index contributed by atoms with van der Waals surface area (Å²) in [6.07, 6.45) is 0. The Morgan fingerprint density at radius 2 is 1.62 bits per heavy atom. The van der Waals surface area contributed by atoms with Crippen LogP contribution in [0.25, 0.3) is 0 Å². The second kappa shape index (κ2) is 8.01. The van der Waals surface area contributed by atoms with Gasteiger partial charge in [-0.1, -0.05) is 24.3 Å². The Hall–Kier alpha value is -3.02. The zero-order valence-electron chi connectivity index (χ0n) is 13.9. The first-order chi connectivity index (χ1) is 11.5. The van der Waals surface area contributed by atoms with Gasteiger partial charge in [0.1, 0.15) is 11.5 Å². The van der Waals surface area contributed by atoms with E-state index in [-0.39, 0.29) is 18.4 Å². The second-order valence-corrected chi connectivity index (χ2v) is 5.23. The molecule has 0 saturated heterocycles. The van der Waals surface area contributed by atoms with E-state index < -0.39 is 0 Å². The van der Waals surface area contributed by atoms with Crippen molar-refractivity contribution in [2.24, 2.45) is 0 Å². The number of anilines is 1. The number of hydrogen-bond donors (Lipinski definition) is 1. The largest absolute Gasteiger partial charge is 0.495 e. The maximum Gasteiger partial charge on any atom is 0.259 e. The molecule has 0 spiro atoms. The Morgan fingerprint density at radius 1 is 1.00 bits per heavy atom. The van der Waals surface area contributed by atoms with Crippen LogP contribution in [0.2, 0.25) is 0 Å². The van der Waals surface area contributed by atoms with Crippen molar-refractivity contribution in [1.29, 1.82) is 0 Å². The van der Waals surface area contributed by atoms with Gasteiger partial charge in [0, 0.05) is 14.1 Å². The van der Waals surface area contributed by atoms with Crippen LogP contribution in [0.3, 0.4) is 0 Å². The minimum atomic E-state index is -0.340. The highest BCUT2D eigenvalue weighted by Crippen LogP contribution is 2.25. The summed E-state index contributed by atoms with van der Waals surface area (Å²) in [5.74, 6) is 0.384. The normalized spacial score (nSPS) is 9.96. The summed E-state index contributed by atoms with van der Waals surface area (Å²) in [7, 11) is 4.83. The number of carbonyl (C=O) groups is 2. The summed E-state index contributed by atoms with van der Waals surface area (Å²) in [5.41, 5.74) is 0.902. The molecule has 2 amide bonds. The van der Waals surface area contributed by atoms with Gasteiger partial charge in [0.2, 0.25) is 0 Å². The van der Waals surface area contributed by atoms with E-state index >= 15 is 0 Å². The molecule has 0 bridgehead atoms.